The summed E-state index contributed by atoms with van der Waals surface area (Å²) in [5.74, 6) is 0.726. The van der Waals surface area contributed by atoms with E-state index in [2.05, 4.69) is 16.6 Å². The van der Waals surface area contributed by atoms with Gasteiger partial charge < -0.3 is 11.1 Å². The van der Waals surface area contributed by atoms with Gasteiger partial charge >= 0.3 is 0 Å². The molecule has 5 heteroatoms. The predicted molar refractivity (Wildman–Crippen MR) is 76.8 cm³/mol. The molecule has 0 bridgehead atoms. The number of thioether (sulfide) groups is 1. The standard InChI is InChI=1S/C12H18ClN3S/c1-17-9-4-2-3-8(7-9)15-12-10(14)5-6-11(13)16-12/h5-6,8-9H,2-4,7,14H2,1H3,(H,15,16). The van der Waals surface area contributed by atoms with Gasteiger partial charge in [-0.25, -0.2) is 4.98 Å². The van der Waals surface area contributed by atoms with Gasteiger partial charge in [0.1, 0.15) is 5.15 Å². The van der Waals surface area contributed by atoms with Crippen LogP contribution in [0.15, 0.2) is 12.1 Å². The minimum Gasteiger partial charge on any atom is -0.396 e. The van der Waals surface area contributed by atoms with Gasteiger partial charge in [0.05, 0.1) is 5.69 Å². The molecule has 0 spiro atoms. The Morgan fingerprint density at radius 2 is 2.29 bits per heavy atom. The SMILES string of the molecule is CSC1CCCC(Nc2nc(Cl)ccc2N)C1. The molecular weight excluding hydrogens is 254 g/mol. The van der Waals surface area contributed by atoms with E-state index in [4.69, 9.17) is 17.3 Å². The molecule has 1 aromatic rings. The van der Waals surface area contributed by atoms with E-state index in [-0.39, 0.29) is 0 Å². The van der Waals surface area contributed by atoms with Crippen LogP contribution in [0, 0.1) is 0 Å². The van der Waals surface area contributed by atoms with Gasteiger partial charge in [-0.15, -0.1) is 0 Å². The third-order valence-electron chi connectivity index (χ3n) is 3.19. The molecule has 1 aliphatic carbocycles. The summed E-state index contributed by atoms with van der Waals surface area (Å²) in [5.41, 5.74) is 6.55. The second kappa shape index (κ2) is 5.83. The van der Waals surface area contributed by atoms with E-state index in [1.807, 2.05) is 11.8 Å². The van der Waals surface area contributed by atoms with Crippen LogP contribution in [0.5, 0.6) is 0 Å². The number of rotatable bonds is 3. The van der Waals surface area contributed by atoms with Crippen molar-refractivity contribution in [3.63, 3.8) is 0 Å². The molecule has 0 aromatic carbocycles. The first kappa shape index (κ1) is 12.8. The number of pyridine rings is 1. The minimum absolute atomic E-state index is 0.467. The Bertz CT molecular complexity index is 386. The highest BCUT2D eigenvalue weighted by molar-refractivity contribution is 7.99. The highest BCUT2D eigenvalue weighted by Gasteiger charge is 2.21. The van der Waals surface area contributed by atoms with Gasteiger partial charge in [-0.2, -0.15) is 11.8 Å². The van der Waals surface area contributed by atoms with Crippen LogP contribution < -0.4 is 11.1 Å². The Morgan fingerprint density at radius 3 is 3.06 bits per heavy atom. The van der Waals surface area contributed by atoms with E-state index < -0.39 is 0 Å². The fourth-order valence-corrected chi connectivity index (χ4v) is 3.22. The maximum atomic E-state index is 5.88. The van der Waals surface area contributed by atoms with Crippen molar-refractivity contribution in [2.75, 3.05) is 17.3 Å². The summed E-state index contributed by atoms with van der Waals surface area (Å²) in [6, 6.07) is 3.98. The van der Waals surface area contributed by atoms with Crippen molar-refractivity contribution in [1.82, 2.24) is 4.98 Å². The average molecular weight is 272 g/mol. The topological polar surface area (TPSA) is 50.9 Å². The first-order valence-corrected chi connectivity index (χ1v) is 7.57. The number of halogens is 1. The van der Waals surface area contributed by atoms with Crippen LogP contribution in [0.3, 0.4) is 0 Å². The number of aromatic nitrogens is 1. The lowest BCUT2D eigenvalue weighted by Crippen LogP contribution is -2.29. The zero-order chi connectivity index (χ0) is 12.3. The zero-order valence-electron chi connectivity index (χ0n) is 9.95. The lowest BCUT2D eigenvalue weighted by molar-refractivity contribution is 0.473. The molecule has 0 amide bonds. The largest absolute Gasteiger partial charge is 0.396 e. The Balaban J connectivity index is 2.02. The quantitative estimate of drug-likeness (QED) is 0.828. The van der Waals surface area contributed by atoms with Gasteiger partial charge in [-0.05, 0) is 37.7 Å². The van der Waals surface area contributed by atoms with E-state index in [9.17, 15) is 0 Å². The molecule has 1 aromatic heterocycles. The minimum atomic E-state index is 0.467. The first-order valence-electron chi connectivity index (χ1n) is 5.90. The fourth-order valence-electron chi connectivity index (χ4n) is 2.25. The normalized spacial score (nSPS) is 24.6. The van der Waals surface area contributed by atoms with E-state index >= 15 is 0 Å². The van der Waals surface area contributed by atoms with Gasteiger partial charge in [0.15, 0.2) is 5.82 Å². The van der Waals surface area contributed by atoms with E-state index in [0.717, 1.165) is 11.1 Å². The molecule has 1 heterocycles. The van der Waals surface area contributed by atoms with Crippen LogP contribution >= 0.6 is 23.4 Å². The van der Waals surface area contributed by atoms with Gasteiger partial charge in [-0.3, -0.25) is 0 Å². The summed E-state index contributed by atoms with van der Waals surface area (Å²) in [4.78, 5) is 4.24. The molecule has 17 heavy (non-hydrogen) atoms. The third kappa shape index (κ3) is 3.42. The fraction of sp³-hybridized carbons (Fsp3) is 0.583. The van der Waals surface area contributed by atoms with E-state index in [1.165, 1.54) is 25.7 Å². The van der Waals surface area contributed by atoms with Gasteiger partial charge in [0, 0.05) is 11.3 Å². The highest BCUT2D eigenvalue weighted by atomic mass is 35.5. The lowest BCUT2D eigenvalue weighted by atomic mass is 9.95. The number of nitrogen functional groups attached to an aromatic ring is 1. The second-order valence-electron chi connectivity index (χ2n) is 4.44. The smallest absolute Gasteiger partial charge is 0.151 e. The summed E-state index contributed by atoms with van der Waals surface area (Å²) < 4.78 is 0. The van der Waals surface area contributed by atoms with Crippen LogP contribution in [0.4, 0.5) is 11.5 Å². The van der Waals surface area contributed by atoms with Crippen molar-refractivity contribution in [1.29, 1.82) is 0 Å². The summed E-state index contributed by atoms with van der Waals surface area (Å²) in [5, 5.41) is 4.66. The molecule has 94 valence electrons. The molecule has 1 fully saturated rings. The summed E-state index contributed by atoms with van der Waals surface area (Å²) in [7, 11) is 0. The number of nitrogens with one attached hydrogen (secondary N) is 1. The van der Waals surface area contributed by atoms with Crippen molar-refractivity contribution in [2.45, 2.75) is 37.0 Å². The van der Waals surface area contributed by atoms with E-state index in [1.54, 1.807) is 12.1 Å². The Labute approximate surface area is 112 Å². The number of anilines is 2. The maximum absolute atomic E-state index is 5.88. The molecule has 2 unspecified atom stereocenters. The summed E-state index contributed by atoms with van der Waals surface area (Å²) >= 11 is 7.83. The molecule has 0 aliphatic heterocycles. The number of nitrogens with two attached hydrogens (primary N) is 1. The van der Waals surface area contributed by atoms with Crippen molar-refractivity contribution < 1.29 is 0 Å². The highest BCUT2D eigenvalue weighted by Crippen LogP contribution is 2.29. The van der Waals surface area contributed by atoms with E-state index in [0.29, 0.717) is 16.9 Å². The van der Waals surface area contributed by atoms with Crippen molar-refractivity contribution in [3.05, 3.63) is 17.3 Å². The van der Waals surface area contributed by atoms with Crippen molar-refractivity contribution >= 4 is 34.9 Å². The third-order valence-corrected chi connectivity index (χ3v) is 4.50. The summed E-state index contributed by atoms with van der Waals surface area (Å²) in [6.07, 6.45) is 7.12. The number of hydrogen-bond donors (Lipinski definition) is 2. The molecule has 2 atom stereocenters. The molecule has 3 nitrogen and oxygen atoms in total. The first-order chi connectivity index (χ1) is 8.19. The monoisotopic (exact) mass is 271 g/mol. The average Bonchev–Trinajstić information content (AvgIpc) is 2.34. The number of hydrogen-bond acceptors (Lipinski definition) is 4. The van der Waals surface area contributed by atoms with Gasteiger partial charge in [0.2, 0.25) is 0 Å². The van der Waals surface area contributed by atoms with Crippen molar-refractivity contribution in [2.24, 2.45) is 0 Å². The van der Waals surface area contributed by atoms with Crippen LogP contribution in [0.1, 0.15) is 25.7 Å². The lowest BCUT2D eigenvalue weighted by Gasteiger charge is -2.29. The number of nitrogens with zero attached hydrogens (tertiary/aromatic N) is 1. The molecule has 3 N–H and O–H groups in total. The molecule has 1 aliphatic rings. The Hall–Kier alpha value is -0.610. The Kier molecular flexibility index (Phi) is 4.40. The molecule has 0 saturated heterocycles. The predicted octanol–water partition coefficient (Wildman–Crippen LogP) is 3.40. The Morgan fingerprint density at radius 1 is 1.47 bits per heavy atom. The maximum Gasteiger partial charge on any atom is 0.151 e. The van der Waals surface area contributed by atoms with Crippen molar-refractivity contribution in [3.8, 4) is 0 Å². The molecular formula is C12H18ClN3S. The molecule has 1 saturated carbocycles. The molecule has 2 rings (SSSR count). The van der Waals surface area contributed by atoms with Crippen LogP contribution in [0.25, 0.3) is 0 Å². The summed E-state index contributed by atoms with van der Waals surface area (Å²) in [6.45, 7) is 0. The van der Waals surface area contributed by atoms with Crippen LogP contribution in [-0.2, 0) is 0 Å². The van der Waals surface area contributed by atoms with Crippen LogP contribution in [-0.4, -0.2) is 22.5 Å². The molecule has 0 radical (unpaired) electrons. The van der Waals surface area contributed by atoms with Gasteiger partial charge in [0.25, 0.3) is 0 Å². The van der Waals surface area contributed by atoms with Gasteiger partial charge in [-0.1, -0.05) is 18.0 Å². The zero-order valence-corrected chi connectivity index (χ0v) is 11.5. The second-order valence-corrected chi connectivity index (χ2v) is 5.96. The van der Waals surface area contributed by atoms with Crippen LogP contribution in [0.2, 0.25) is 5.15 Å².